The molecule has 1 N–H and O–H groups in total. The summed E-state index contributed by atoms with van der Waals surface area (Å²) in [5, 5.41) is 2.81. The number of benzene rings is 2. The predicted octanol–water partition coefficient (Wildman–Crippen LogP) is 2.74. The number of hydrogen-bond donors (Lipinski definition) is 1. The molecule has 0 fully saturated rings. The van der Waals surface area contributed by atoms with Crippen molar-refractivity contribution in [3.8, 4) is 11.5 Å². The van der Waals surface area contributed by atoms with Gasteiger partial charge in [0, 0.05) is 7.05 Å². The fraction of sp³-hybridized carbons (Fsp3) is 0.381. The molecule has 0 heterocycles. The molecule has 2 rings (SSSR count). The van der Waals surface area contributed by atoms with Gasteiger partial charge in [0.1, 0.15) is 18.1 Å². The van der Waals surface area contributed by atoms with Crippen molar-refractivity contribution in [2.45, 2.75) is 26.4 Å². The zero-order valence-corrected chi connectivity index (χ0v) is 18.0. The summed E-state index contributed by atoms with van der Waals surface area (Å²) in [4.78, 5) is 12.4. The lowest BCUT2D eigenvalue weighted by atomic mass is 10.2. The zero-order valence-electron chi connectivity index (χ0n) is 17.2. The molecule has 0 saturated carbocycles. The number of nitrogens with one attached hydrogen (secondary N) is 1. The maximum Gasteiger partial charge on any atom is 0.261 e. The molecule has 2 aromatic carbocycles. The lowest BCUT2D eigenvalue weighted by molar-refractivity contribution is -0.128. The van der Waals surface area contributed by atoms with Crippen molar-refractivity contribution in [2.24, 2.45) is 0 Å². The van der Waals surface area contributed by atoms with Gasteiger partial charge in [0.2, 0.25) is 10.0 Å². The average Bonchev–Trinajstić information content (AvgIpc) is 2.68. The Labute approximate surface area is 172 Å². The molecule has 158 valence electrons. The lowest BCUT2D eigenvalue weighted by Crippen LogP contribution is -2.39. The van der Waals surface area contributed by atoms with Crippen molar-refractivity contribution in [2.75, 3.05) is 30.8 Å². The molecule has 0 aromatic heterocycles. The van der Waals surface area contributed by atoms with Crippen LogP contribution in [-0.4, -0.2) is 46.9 Å². The lowest BCUT2D eigenvalue weighted by Gasteiger charge is -2.19. The molecule has 7 nitrogen and oxygen atoms in total. The van der Waals surface area contributed by atoms with E-state index in [-0.39, 0.29) is 5.91 Å². The maximum absolute atomic E-state index is 12.4. The molecule has 0 radical (unpaired) electrons. The number of ether oxygens (including phenoxy) is 2. The van der Waals surface area contributed by atoms with E-state index in [1.807, 2.05) is 38.1 Å². The summed E-state index contributed by atoms with van der Waals surface area (Å²) in [5.41, 5.74) is 1.63. The highest BCUT2D eigenvalue weighted by molar-refractivity contribution is 7.92. The van der Waals surface area contributed by atoms with Crippen molar-refractivity contribution >= 4 is 21.6 Å². The average molecular weight is 421 g/mol. The predicted molar refractivity (Wildman–Crippen MR) is 114 cm³/mol. The standard InChI is InChI=1S/C21H28N2O5S/c1-5-20(21(24)22-13-14-27-19-8-6-7-16(2)15-19)28-18-11-9-17(10-12-18)23(3)29(4,25)26/h6-12,15,20H,5,13-14H2,1-4H3,(H,22,24)/t20-/m0/s1. The number of sulfonamides is 1. The van der Waals surface area contributed by atoms with Crippen LogP contribution in [0.25, 0.3) is 0 Å². The van der Waals surface area contributed by atoms with E-state index in [0.717, 1.165) is 17.6 Å². The monoisotopic (exact) mass is 420 g/mol. The maximum atomic E-state index is 12.4. The number of carbonyl (C=O) groups is 1. The van der Waals surface area contributed by atoms with Crippen LogP contribution in [0.1, 0.15) is 18.9 Å². The topological polar surface area (TPSA) is 84.9 Å². The van der Waals surface area contributed by atoms with Crippen molar-refractivity contribution < 1.29 is 22.7 Å². The van der Waals surface area contributed by atoms with Crippen LogP contribution < -0.4 is 19.1 Å². The van der Waals surface area contributed by atoms with E-state index in [1.54, 1.807) is 24.3 Å². The third kappa shape index (κ3) is 6.98. The van der Waals surface area contributed by atoms with Crippen LogP contribution in [0.3, 0.4) is 0 Å². The van der Waals surface area contributed by atoms with Crippen LogP contribution >= 0.6 is 0 Å². The summed E-state index contributed by atoms with van der Waals surface area (Å²) in [7, 11) is -1.85. The van der Waals surface area contributed by atoms with Gasteiger partial charge < -0.3 is 14.8 Å². The SMILES string of the molecule is CC[C@H](Oc1ccc(N(C)S(C)(=O)=O)cc1)C(=O)NCCOc1cccc(C)c1. The van der Waals surface area contributed by atoms with E-state index in [2.05, 4.69) is 5.32 Å². The fourth-order valence-electron chi connectivity index (χ4n) is 2.57. The number of aryl methyl sites for hydroxylation is 1. The normalized spacial score (nSPS) is 12.1. The first-order valence-corrected chi connectivity index (χ1v) is 11.2. The van der Waals surface area contributed by atoms with Crippen LogP contribution in [0.15, 0.2) is 48.5 Å². The minimum atomic E-state index is -3.33. The summed E-state index contributed by atoms with van der Waals surface area (Å²) in [6.07, 6.45) is 0.986. The number of hydrogen-bond acceptors (Lipinski definition) is 5. The Morgan fingerprint density at radius 2 is 1.83 bits per heavy atom. The summed E-state index contributed by atoms with van der Waals surface area (Å²) < 4.78 is 35.7. The molecular weight excluding hydrogens is 392 g/mol. The van der Waals surface area contributed by atoms with Crippen LogP contribution in [0.5, 0.6) is 11.5 Å². The van der Waals surface area contributed by atoms with Crippen LogP contribution in [-0.2, 0) is 14.8 Å². The van der Waals surface area contributed by atoms with E-state index in [1.165, 1.54) is 11.4 Å². The van der Waals surface area contributed by atoms with Gasteiger partial charge in [-0.2, -0.15) is 0 Å². The van der Waals surface area contributed by atoms with E-state index in [4.69, 9.17) is 9.47 Å². The fourth-order valence-corrected chi connectivity index (χ4v) is 3.08. The molecule has 2 aromatic rings. The Morgan fingerprint density at radius 3 is 2.41 bits per heavy atom. The number of amides is 1. The summed E-state index contributed by atoms with van der Waals surface area (Å²) in [6.45, 7) is 4.58. The van der Waals surface area contributed by atoms with E-state index in [0.29, 0.717) is 31.0 Å². The minimum absolute atomic E-state index is 0.224. The molecular formula is C21H28N2O5S. The van der Waals surface area contributed by atoms with Gasteiger partial charge in [0.15, 0.2) is 6.10 Å². The molecule has 0 saturated heterocycles. The summed E-state index contributed by atoms with van der Waals surface area (Å²) in [5.74, 6) is 1.04. The smallest absolute Gasteiger partial charge is 0.261 e. The third-order valence-electron chi connectivity index (χ3n) is 4.30. The van der Waals surface area contributed by atoms with E-state index in [9.17, 15) is 13.2 Å². The summed E-state index contributed by atoms with van der Waals surface area (Å²) >= 11 is 0. The molecule has 0 aliphatic heterocycles. The van der Waals surface area contributed by atoms with Gasteiger partial charge in [-0.1, -0.05) is 19.1 Å². The number of carbonyl (C=O) groups excluding carboxylic acids is 1. The highest BCUT2D eigenvalue weighted by atomic mass is 32.2. The highest BCUT2D eigenvalue weighted by Crippen LogP contribution is 2.21. The van der Waals surface area contributed by atoms with Gasteiger partial charge in [-0.05, 0) is 55.3 Å². The van der Waals surface area contributed by atoms with E-state index < -0.39 is 16.1 Å². The van der Waals surface area contributed by atoms with Crippen LogP contribution in [0.2, 0.25) is 0 Å². The first kappa shape index (κ1) is 22.5. The second-order valence-corrected chi connectivity index (χ2v) is 8.71. The highest BCUT2D eigenvalue weighted by Gasteiger charge is 2.18. The van der Waals surface area contributed by atoms with Gasteiger partial charge >= 0.3 is 0 Å². The van der Waals surface area contributed by atoms with Gasteiger partial charge in [0.25, 0.3) is 5.91 Å². The molecule has 1 atom stereocenters. The minimum Gasteiger partial charge on any atom is -0.492 e. The Hall–Kier alpha value is -2.74. The molecule has 1 amide bonds. The molecule has 0 aliphatic rings. The van der Waals surface area contributed by atoms with E-state index >= 15 is 0 Å². The molecule has 0 bridgehead atoms. The van der Waals surface area contributed by atoms with Crippen molar-refractivity contribution in [3.63, 3.8) is 0 Å². The molecule has 0 unspecified atom stereocenters. The van der Waals surface area contributed by atoms with Gasteiger partial charge in [0.05, 0.1) is 18.5 Å². The molecule has 29 heavy (non-hydrogen) atoms. The second-order valence-electron chi connectivity index (χ2n) is 6.70. The number of nitrogens with zero attached hydrogens (tertiary/aromatic N) is 1. The first-order valence-electron chi connectivity index (χ1n) is 9.38. The quantitative estimate of drug-likeness (QED) is 0.598. The van der Waals surface area contributed by atoms with Crippen molar-refractivity contribution in [1.82, 2.24) is 5.32 Å². The Balaban J connectivity index is 1.84. The van der Waals surface area contributed by atoms with Crippen LogP contribution in [0.4, 0.5) is 5.69 Å². The third-order valence-corrected chi connectivity index (χ3v) is 5.50. The Bertz CT molecular complexity index is 913. The number of rotatable bonds is 10. The molecule has 0 spiro atoms. The molecule has 8 heteroatoms. The van der Waals surface area contributed by atoms with Gasteiger partial charge in [-0.25, -0.2) is 8.42 Å². The van der Waals surface area contributed by atoms with Crippen LogP contribution in [0, 0.1) is 6.92 Å². The van der Waals surface area contributed by atoms with Crippen molar-refractivity contribution in [1.29, 1.82) is 0 Å². The Kier molecular flexibility index (Phi) is 7.90. The largest absolute Gasteiger partial charge is 0.492 e. The van der Waals surface area contributed by atoms with Gasteiger partial charge in [-0.15, -0.1) is 0 Å². The number of anilines is 1. The first-order chi connectivity index (χ1) is 13.7. The van der Waals surface area contributed by atoms with Gasteiger partial charge in [-0.3, -0.25) is 9.10 Å². The molecule has 0 aliphatic carbocycles. The second kappa shape index (κ2) is 10.2. The summed E-state index contributed by atoms with van der Waals surface area (Å²) in [6, 6.07) is 14.3. The van der Waals surface area contributed by atoms with Crippen molar-refractivity contribution in [3.05, 3.63) is 54.1 Å². The Morgan fingerprint density at radius 1 is 1.14 bits per heavy atom. The zero-order chi connectivity index (χ0) is 21.4.